The molecule has 1 aliphatic rings. The number of hydrogen-bond donors (Lipinski definition) is 1. The third kappa shape index (κ3) is 3.23. The fourth-order valence-electron chi connectivity index (χ4n) is 2.73. The molecule has 122 valence electrons. The van der Waals surface area contributed by atoms with E-state index in [2.05, 4.69) is 16.4 Å². The van der Waals surface area contributed by atoms with Crippen LogP contribution in [0.1, 0.15) is 34.8 Å². The van der Waals surface area contributed by atoms with E-state index in [1.807, 2.05) is 39.7 Å². The van der Waals surface area contributed by atoms with Gasteiger partial charge in [0.1, 0.15) is 5.69 Å². The van der Waals surface area contributed by atoms with Crippen LogP contribution in [0.2, 0.25) is 0 Å². The van der Waals surface area contributed by atoms with Crippen molar-refractivity contribution in [2.45, 2.75) is 25.3 Å². The number of nitrogens with one attached hydrogen (secondary N) is 1. The van der Waals surface area contributed by atoms with Gasteiger partial charge in [0.25, 0.3) is 5.91 Å². The van der Waals surface area contributed by atoms with Crippen LogP contribution in [0.15, 0.2) is 47.3 Å². The van der Waals surface area contributed by atoms with Crippen molar-refractivity contribution in [3.63, 3.8) is 0 Å². The molecule has 0 spiro atoms. The molecular weight excluding hydrogens is 320 g/mol. The molecule has 0 bridgehead atoms. The van der Waals surface area contributed by atoms with Gasteiger partial charge in [0.2, 0.25) is 0 Å². The number of carbonyl (C=O) groups is 1. The molecule has 0 unspecified atom stereocenters. The topological polar surface area (TPSA) is 59.8 Å². The van der Waals surface area contributed by atoms with Crippen molar-refractivity contribution in [2.75, 3.05) is 6.54 Å². The first kappa shape index (κ1) is 15.1. The molecule has 5 nitrogen and oxygen atoms in total. The van der Waals surface area contributed by atoms with E-state index in [-0.39, 0.29) is 5.91 Å². The average Bonchev–Trinajstić information content (AvgIpc) is 3.14. The summed E-state index contributed by atoms with van der Waals surface area (Å²) in [4.78, 5) is 16.4. The number of pyridine rings is 1. The molecule has 1 aliphatic carbocycles. The maximum Gasteiger partial charge on any atom is 0.252 e. The minimum atomic E-state index is -0.0265. The van der Waals surface area contributed by atoms with Crippen LogP contribution in [0.3, 0.4) is 0 Å². The van der Waals surface area contributed by atoms with Gasteiger partial charge >= 0.3 is 0 Å². The minimum Gasteiger partial charge on any atom is -0.350 e. The Kier molecular flexibility index (Phi) is 4.13. The predicted molar refractivity (Wildman–Crippen MR) is 94.1 cm³/mol. The van der Waals surface area contributed by atoms with Crippen molar-refractivity contribution in [3.05, 3.63) is 58.5 Å². The Labute approximate surface area is 144 Å². The lowest BCUT2D eigenvalue weighted by Crippen LogP contribution is -2.27. The molecule has 0 atom stereocenters. The largest absolute Gasteiger partial charge is 0.350 e. The van der Waals surface area contributed by atoms with Gasteiger partial charge in [-0.15, -0.1) is 0 Å². The molecule has 1 saturated carbocycles. The Bertz CT molecular complexity index is 822. The number of hydrogen-bond acceptors (Lipinski definition) is 4. The average molecular weight is 338 g/mol. The summed E-state index contributed by atoms with van der Waals surface area (Å²) in [5, 5.41) is 11.4. The fraction of sp³-hybridized carbons (Fsp3) is 0.278. The van der Waals surface area contributed by atoms with Gasteiger partial charge < -0.3 is 5.32 Å². The number of amides is 1. The van der Waals surface area contributed by atoms with Crippen LogP contribution >= 0.6 is 11.3 Å². The zero-order valence-electron chi connectivity index (χ0n) is 13.2. The van der Waals surface area contributed by atoms with Gasteiger partial charge in [-0.3, -0.25) is 14.5 Å². The monoisotopic (exact) mass is 338 g/mol. The van der Waals surface area contributed by atoms with E-state index >= 15 is 0 Å². The number of rotatable bonds is 6. The normalized spacial score (nSPS) is 13.8. The van der Waals surface area contributed by atoms with Gasteiger partial charge in [-0.05, 0) is 42.5 Å². The molecule has 0 radical (unpaired) electrons. The van der Waals surface area contributed by atoms with E-state index in [0.29, 0.717) is 19.0 Å². The summed E-state index contributed by atoms with van der Waals surface area (Å²) < 4.78 is 2.02. The van der Waals surface area contributed by atoms with E-state index in [9.17, 15) is 4.79 Å². The molecule has 0 aromatic carbocycles. The van der Waals surface area contributed by atoms with Crippen molar-refractivity contribution in [2.24, 2.45) is 0 Å². The van der Waals surface area contributed by atoms with Crippen molar-refractivity contribution < 1.29 is 4.79 Å². The Morgan fingerprint density at radius 2 is 2.21 bits per heavy atom. The van der Waals surface area contributed by atoms with Crippen LogP contribution in [-0.4, -0.2) is 27.2 Å². The highest BCUT2D eigenvalue weighted by molar-refractivity contribution is 7.08. The maximum atomic E-state index is 12.0. The highest BCUT2D eigenvalue weighted by atomic mass is 32.1. The molecule has 1 fully saturated rings. The van der Waals surface area contributed by atoms with E-state index in [1.54, 1.807) is 6.20 Å². The number of nitrogens with zero attached hydrogens (tertiary/aromatic N) is 3. The number of aromatic nitrogens is 3. The van der Waals surface area contributed by atoms with Crippen LogP contribution in [0.25, 0.3) is 11.4 Å². The fourth-order valence-corrected chi connectivity index (χ4v) is 3.36. The molecule has 3 heterocycles. The summed E-state index contributed by atoms with van der Waals surface area (Å²) in [6, 6.07) is 9.83. The SMILES string of the molecule is O=C(NCCn1nc(-c2ccccn2)cc1C1CC1)c1ccsc1. The number of thiophene rings is 1. The Morgan fingerprint density at radius 3 is 2.92 bits per heavy atom. The molecule has 3 aromatic heterocycles. The standard InChI is InChI=1S/C18H18N4OS/c23-18(14-6-10-24-12-14)20-8-9-22-17(13-4-5-13)11-16(21-22)15-3-1-2-7-19-15/h1-3,6-7,10-13H,4-5,8-9H2,(H,20,23). The lowest BCUT2D eigenvalue weighted by Gasteiger charge is -2.07. The predicted octanol–water partition coefficient (Wildman–Crippen LogP) is 3.31. The van der Waals surface area contributed by atoms with Gasteiger partial charge in [-0.2, -0.15) is 16.4 Å². The lowest BCUT2D eigenvalue weighted by molar-refractivity contribution is 0.0952. The van der Waals surface area contributed by atoms with E-state index in [0.717, 1.165) is 17.0 Å². The minimum absolute atomic E-state index is 0.0265. The van der Waals surface area contributed by atoms with Crippen LogP contribution in [0.4, 0.5) is 0 Å². The first-order valence-corrected chi connectivity index (χ1v) is 9.05. The zero-order valence-corrected chi connectivity index (χ0v) is 14.0. The molecule has 24 heavy (non-hydrogen) atoms. The number of carbonyl (C=O) groups excluding carboxylic acids is 1. The van der Waals surface area contributed by atoms with Crippen molar-refractivity contribution in [1.82, 2.24) is 20.1 Å². The molecule has 4 rings (SSSR count). The summed E-state index contributed by atoms with van der Waals surface area (Å²) >= 11 is 1.53. The van der Waals surface area contributed by atoms with Crippen molar-refractivity contribution >= 4 is 17.2 Å². The second-order valence-electron chi connectivity index (χ2n) is 5.93. The summed E-state index contributed by atoms with van der Waals surface area (Å²) in [6.45, 7) is 1.24. The maximum absolute atomic E-state index is 12.0. The highest BCUT2D eigenvalue weighted by Gasteiger charge is 2.28. The Hall–Kier alpha value is -2.47. The summed E-state index contributed by atoms with van der Waals surface area (Å²) in [5.41, 5.74) is 3.76. The smallest absolute Gasteiger partial charge is 0.252 e. The van der Waals surface area contributed by atoms with Crippen LogP contribution in [-0.2, 0) is 6.54 Å². The third-order valence-corrected chi connectivity index (χ3v) is 4.81. The van der Waals surface area contributed by atoms with Crippen molar-refractivity contribution in [3.8, 4) is 11.4 Å². The van der Waals surface area contributed by atoms with Crippen LogP contribution in [0.5, 0.6) is 0 Å². The molecular formula is C18H18N4OS. The summed E-state index contributed by atoms with van der Waals surface area (Å²) in [7, 11) is 0. The molecule has 1 N–H and O–H groups in total. The quantitative estimate of drug-likeness (QED) is 0.750. The molecule has 1 amide bonds. The van der Waals surface area contributed by atoms with E-state index in [1.165, 1.54) is 29.9 Å². The first-order chi connectivity index (χ1) is 11.8. The van der Waals surface area contributed by atoms with Crippen LogP contribution in [0, 0.1) is 0 Å². The van der Waals surface area contributed by atoms with E-state index < -0.39 is 0 Å². The molecule has 0 aliphatic heterocycles. The first-order valence-electron chi connectivity index (χ1n) is 8.11. The second-order valence-corrected chi connectivity index (χ2v) is 6.71. The van der Waals surface area contributed by atoms with Gasteiger partial charge in [-0.1, -0.05) is 6.07 Å². The summed E-state index contributed by atoms with van der Waals surface area (Å²) in [6.07, 6.45) is 4.22. The zero-order chi connectivity index (χ0) is 16.4. The summed E-state index contributed by atoms with van der Waals surface area (Å²) in [5.74, 6) is 0.573. The molecule has 3 aromatic rings. The van der Waals surface area contributed by atoms with Crippen molar-refractivity contribution in [1.29, 1.82) is 0 Å². The van der Waals surface area contributed by atoms with E-state index in [4.69, 9.17) is 5.10 Å². The van der Waals surface area contributed by atoms with Gasteiger partial charge in [-0.25, -0.2) is 0 Å². The molecule has 0 saturated heterocycles. The second kappa shape index (κ2) is 6.57. The van der Waals surface area contributed by atoms with Gasteiger partial charge in [0.05, 0.1) is 12.2 Å². The Morgan fingerprint density at radius 1 is 1.29 bits per heavy atom. The lowest BCUT2D eigenvalue weighted by atomic mass is 10.2. The highest BCUT2D eigenvalue weighted by Crippen LogP contribution is 2.41. The Balaban J connectivity index is 1.46. The third-order valence-electron chi connectivity index (χ3n) is 4.13. The van der Waals surface area contributed by atoms with Gasteiger partial charge in [0, 0.05) is 35.3 Å². The van der Waals surface area contributed by atoms with Crippen LogP contribution < -0.4 is 5.32 Å². The molecule has 6 heteroatoms. The van der Waals surface area contributed by atoms with Gasteiger partial charge in [0.15, 0.2) is 0 Å².